The number of carbonyl (C=O) groups is 2. The van der Waals surface area contributed by atoms with Crippen LogP contribution in [-0.4, -0.2) is 61.9 Å². The van der Waals surface area contributed by atoms with Crippen molar-refractivity contribution in [3.8, 4) is 0 Å². The number of amides is 2. The number of piperazine rings is 1. The molecule has 1 saturated carbocycles. The van der Waals surface area contributed by atoms with Gasteiger partial charge in [-0.05, 0) is 42.2 Å². The van der Waals surface area contributed by atoms with Gasteiger partial charge in [-0.1, -0.05) is 30.3 Å². The Morgan fingerprint density at radius 3 is 2.07 bits per heavy atom. The molecule has 2 unspecified atom stereocenters. The second-order valence-electron chi connectivity index (χ2n) is 7.92. The number of rotatable bonds is 4. The van der Waals surface area contributed by atoms with Gasteiger partial charge < -0.3 is 14.7 Å². The normalized spacial score (nSPS) is 21.4. The molecule has 5 nitrogen and oxygen atoms in total. The molecule has 0 aromatic heterocycles. The van der Waals surface area contributed by atoms with Crippen LogP contribution in [0.1, 0.15) is 28.3 Å². The standard InChI is InChI=1S/C23H27N3O2/c1-24(2)19-10-8-18(9-11-19)22(27)25-12-14-26(15-13-25)23(28)21-16-20(21)17-6-4-3-5-7-17/h3-11,20-21H,12-16H2,1-2H3. The van der Waals surface area contributed by atoms with E-state index in [0.29, 0.717) is 37.7 Å². The molecule has 1 heterocycles. The van der Waals surface area contributed by atoms with Crippen molar-refractivity contribution in [1.29, 1.82) is 0 Å². The summed E-state index contributed by atoms with van der Waals surface area (Å²) in [5, 5.41) is 0. The quantitative estimate of drug-likeness (QED) is 0.823. The van der Waals surface area contributed by atoms with Gasteiger partial charge in [-0.25, -0.2) is 0 Å². The van der Waals surface area contributed by atoms with Crippen molar-refractivity contribution in [1.82, 2.24) is 9.80 Å². The van der Waals surface area contributed by atoms with Crippen LogP contribution in [-0.2, 0) is 4.79 Å². The summed E-state index contributed by atoms with van der Waals surface area (Å²) in [7, 11) is 3.96. The fourth-order valence-corrected chi connectivity index (χ4v) is 3.99. The van der Waals surface area contributed by atoms with Crippen LogP contribution in [0.5, 0.6) is 0 Å². The van der Waals surface area contributed by atoms with Gasteiger partial charge in [0.2, 0.25) is 5.91 Å². The van der Waals surface area contributed by atoms with Crippen molar-refractivity contribution in [2.75, 3.05) is 45.2 Å². The van der Waals surface area contributed by atoms with Gasteiger partial charge in [0.25, 0.3) is 5.91 Å². The van der Waals surface area contributed by atoms with Crippen molar-refractivity contribution in [3.05, 3.63) is 65.7 Å². The van der Waals surface area contributed by atoms with Crippen molar-refractivity contribution in [2.24, 2.45) is 5.92 Å². The van der Waals surface area contributed by atoms with Crippen molar-refractivity contribution in [3.63, 3.8) is 0 Å². The van der Waals surface area contributed by atoms with E-state index >= 15 is 0 Å². The molecule has 1 aliphatic carbocycles. The zero-order valence-electron chi connectivity index (χ0n) is 16.5. The fourth-order valence-electron chi connectivity index (χ4n) is 3.99. The van der Waals surface area contributed by atoms with E-state index in [9.17, 15) is 9.59 Å². The van der Waals surface area contributed by atoms with E-state index in [1.165, 1.54) is 5.56 Å². The zero-order chi connectivity index (χ0) is 19.7. The molecule has 5 heteroatoms. The molecular weight excluding hydrogens is 350 g/mol. The number of anilines is 1. The first-order valence-corrected chi connectivity index (χ1v) is 9.95. The Balaban J connectivity index is 1.31. The van der Waals surface area contributed by atoms with Crippen LogP contribution < -0.4 is 4.90 Å². The van der Waals surface area contributed by atoms with Crippen LogP contribution >= 0.6 is 0 Å². The maximum absolute atomic E-state index is 12.8. The van der Waals surface area contributed by atoms with E-state index < -0.39 is 0 Å². The molecule has 0 spiro atoms. The number of carbonyl (C=O) groups excluding carboxylic acids is 2. The van der Waals surface area contributed by atoms with E-state index in [1.807, 2.05) is 71.3 Å². The average molecular weight is 377 g/mol. The van der Waals surface area contributed by atoms with Crippen molar-refractivity contribution in [2.45, 2.75) is 12.3 Å². The Bertz CT molecular complexity index is 840. The lowest BCUT2D eigenvalue weighted by molar-refractivity contribution is -0.134. The molecule has 1 saturated heterocycles. The molecule has 4 rings (SSSR count). The van der Waals surface area contributed by atoms with Crippen LogP contribution in [0.4, 0.5) is 5.69 Å². The first kappa shape index (κ1) is 18.5. The van der Waals surface area contributed by atoms with Gasteiger partial charge in [-0.15, -0.1) is 0 Å². The topological polar surface area (TPSA) is 43.9 Å². The summed E-state index contributed by atoms with van der Waals surface area (Å²) >= 11 is 0. The minimum atomic E-state index is 0.0472. The highest BCUT2D eigenvalue weighted by Crippen LogP contribution is 2.48. The Hall–Kier alpha value is -2.82. The Morgan fingerprint density at radius 1 is 0.857 bits per heavy atom. The number of benzene rings is 2. The summed E-state index contributed by atoms with van der Waals surface area (Å²) in [6, 6.07) is 18.0. The highest BCUT2D eigenvalue weighted by atomic mass is 16.2. The van der Waals surface area contributed by atoms with Gasteiger partial charge >= 0.3 is 0 Å². The summed E-state index contributed by atoms with van der Waals surface area (Å²) in [6.45, 7) is 2.45. The van der Waals surface area contributed by atoms with Gasteiger partial charge in [-0.3, -0.25) is 9.59 Å². The molecule has 2 aliphatic rings. The summed E-state index contributed by atoms with van der Waals surface area (Å²) in [5.41, 5.74) is 3.04. The van der Waals surface area contributed by atoms with E-state index in [1.54, 1.807) is 0 Å². The Kier molecular flexibility index (Phi) is 5.07. The second-order valence-corrected chi connectivity index (χ2v) is 7.92. The fraction of sp³-hybridized carbons (Fsp3) is 0.391. The predicted octanol–water partition coefficient (Wildman–Crippen LogP) is 2.84. The minimum absolute atomic E-state index is 0.0472. The average Bonchev–Trinajstić information content (AvgIpc) is 3.54. The first-order chi connectivity index (χ1) is 13.5. The van der Waals surface area contributed by atoms with Crippen LogP contribution in [0, 0.1) is 5.92 Å². The van der Waals surface area contributed by atoms with E-state index in [4.69, 9.17) is 0 Å². The lowest BCUT2D eigenvalue weighted by Crippen LogP contribution is -2.51. The maximum atomic E-state index is 12.8. The maximum Gasteiger partial charge on any atom is 0.253 e. The van der Waals surface area contributed by atoms with Gasteiger partial charge in [0.1, 0.15) is 0 Å². The summed E-state index contributed by atoms with van der Waals surface area (Å²) in [6.07, 6.45) is 0.945. The molecule has 0 radical (unpaired) electrons. The third-order valence-corrected chi connectivity index (χ3v) is 5.84. The molecule has 2 aromatic carbocycles. The third-order valence-electron chi connectivity index (χ3n) is 5.84. The van der Waals surface area contributed by atoms with Crippen LogP contribution in [0.2, 0.25) is 0 Å². The smallest absolute Gasteiger partial charge is 0.253 e. The van der Waals surface area contributed by atoms with Crippen LogP contribution in [0.25, 0.3) is 0 Å². The molecular formula is C23H27N3O2. The van der Waals surface area contributed by atoms with Gasteiger partial charge in [0.05, 0.1) is 0 Å². The Morgan fingerprint density at radius 2 is 1.46 bits per heavy atom. The minimum Gasteiger partial charge on any atom is -0.378 e. The van der Waals surface area contributed by atoms with Crippen LogP contribution in [0.15, 0.2) is 54.6 Å². The SMILES string of the molecule is CN(C)c1ccc(C(=O)N2CCN(C(=O)C3CC3c3ccccc3)CC2)cc1. The predicted molar refractivity (Wildman–Crippen MR) is 111 cm³/mol. The molecule has 2 aromatic rings. The Labute approximate surface area is 166 Å². The molecule has 0 N–H and O–H groups in total. The molecule has 1 aliphatic heterocycles. The second kappa shape index (κ2) is 7.66. The highest BCUT2D eigenvalue weighted by Gasteiger charge is 2.46. The summed E-state index contributed by atoms with van der Waals surface area (Å²) < 4.78 is 0. The third kappa shape index (κ3) is 3.75. The van der Waals surface area contributed by atoms with E-state index in [2.05, 4.69) is 12.1 Å². The molecule has 2 atom stereocenters. The molecule has 146 valence electrons. The summed E-state index contributed by atoms with van der Waals surface area (Å²) in [4.78, 5) is 31.4. The number of hydrogen-bond donors (Lipinski definition) is 0. The van der Waals surface area contributed by atoms with Crippen molar-refractivity contribution >= 4 is 17.5 Å². The molecule has 2 fully saturated rings. The largest absolute Gasteiger partial charge is 0.378 e. The lowest BCUT2D eigenvalue weighted by atomic mass is 10.1. The monoisotopic (exact) mass is 377 g/mol. The zero-order valence-corrected chi connectivity index (χ0v) is 16.5. The summed E-state index contributed by atoms with van der Waals surface area (Å²) in [5.74, 6) is 0.772. The van der Waals surface area contributed by atoms with Crippen LogP contribution in [0.3, 0.4) is 0 Å². The van der Waals surface area contributed by atoms with Gasteiger partial charge in [0, 0.05) is 57.4 Å². The van der Waals surface area contributed by atoms with Gasteiger partial charge in [-0.2, -0.15) is 0 Å². The first-order valence-electron chi connectivity index (χ1n) is 9.95. The number of hydrogen-bond acceptors (Lipinski definition) is 3. The van der Waals surface area contributed by atoms with E-state index in [0.717, 1.165) is 12.1 Å². The lowest BCUT2D eigenvalue weighted by Gasteiger charge is -2.35. The molecule has 2 amide bonds. The van der Waals surface area contributed by atoms with E-state index in [-0.39, 0.29) is 17.7 Å². The van der Waals surface area contributed by atoms with Gasteiger partial charge in [0.15, 0.2) is 0 Å². The number of nitrogens with zero attached hydrogens (tertiary/aromatic N) is 3. The molecule has 0 bridgehead atoms. The molecule has 28 heavy (non-hydrogen) atoms. The van der Waals surface area contributed by atoms with Crippen molar-refractivity contribution < 1.29 is 9.59 Å². The highest BCUT2D eigenvalue weighted by molar-refractivity contribution is 5.94.